The average Bonchev–Trinajstić information content (AvgIpc) is 1.97. The van der Waals surface area contributed by atoms with Gasteiger partial charge < -0.3 is 15.5 Å². The molecule has 0 aliphatic carbocycles. The van der Waals surface area contributed by atoms with Crippen LogP contribution in [-0.2, 0) is 0 Å². The predicted octanol–water partition coefficient (Wildman–Crippen LogP) is 1.87. The molecule has 0 amide bonds. The fraction of sp³-hybridized carbons (Fsp3) is 0.364. The maximum absolute atomic E-state index is 11.8. The van der Waals surface area contributed by atoms with E-state index in [-0.39, 0.29) is 28.4 Å². The zero-order valence-corrected chi connectivity index (χ0v) is 8.66. The van der Waals surface area contributed by atoms with E-state index in [9.17, 15) is 15.0 Å². The van der Waals surface area contributed by atoms with Crippen LogP contribution in [-0.4, -0.2) is 21.5 Å². The van der Waals surface area contributed by atoms with Gasteiger partial charge in [0.2, 0.25) is 0 Å². The van der Waals surface area contributed by atoms with Crippen molar-refractivity contribution in [1.29, 1.82) is 0 Å². The predicted molar refractivity (Wildman–Crippen MR) is 56.4 cm³/mol. The largest absolute Gasteiger partial charge is 0.508 e. The van der Waals surface area contributed by atoms with Crippen LogP contribution in [0.4, 0.5) is 5.69 Å². The maximum atomic E-state index is 11.8. The third-order valence-electron chi connectivity index (χ3n) is 2.46. The quantitative estimate of drug-likeness (QED) is 0.607. The molecule has 15 heavy (non-hydrogen) atoms. The normalized spacial score (nSPS) is 18.1. The summed E-state index contributed by atoms with van der Waals surface area (Å²) in [5.74, 6) is -0.325. The Morgan fingerprint density at radius 1 is 1.33 bits per heavy atom. The molecule has 0 radical (unpaired) electrons. The number of ketones is 1. The van der Waals surface area contributed by atoms with Crippen LogP contribution in [0.1, 0.15) is 30.6 Å². The van der Waals surface area contributed by atoms with Crippen LogP contribution in [0.3, 0.4) is 0 Å². The lowest BCUT2D eigenvalue weighted by Crippen LogP contribution is -2.38. The van der Waals surface area contributed by atoms with Crippen molar-refractivity contribution in [3.63, 3.8) is 0 Å². The number of hydrogen-bond acceptors (Lipinski definition) is 4. The minimum Gasteiger partial charge on any atom is -0.508 e. The number of benzene rings is 1. The second kappa shape index (κ2) is 2.89. The molecular formula is C11H13NO3. The smallest absolute Gasteiger partial charge is 0.171 e. The number of anilines is 1. The molecule has 0 aromatic heterocycles. The highest BCUT2D eigenvalue weighted by Crippen LogP contribution is 2.38. The van der Waals surface area contributed by atoms with E-state index in [1.54, 1.807) is 0 Å². The molecule has 1 aromatic rings. The molecule has 1 aromatic carbocycles. The topological polar surface area (TPSA) is 69.6 Å². The van der Waals surface area contributed by atoms with E-state index in [1.807, 2.05) is 13.8 Å². The van der Waals surface area contributed by atoms with Gasteiger partial charge in [-0.05, 0) is 13.8 Å². The van der Waals surface area contributed by atoms with Gasteiger partial charge in [0, 0.05) is 24.1 Å². The van der Waals surface area contributed by atoms with Crippen molar-refractivity contribution >= 4 is 11.5 Å². The molecule has 0 atom stereocenters. The highest BCUT2D eigenvalue weighted by molar-refractivity contribution is 6.06. The number of aromatic hydroxyl groups is 2. The molecule has 0 unspecified atom stereocenters. The molecule has 0 saturated carbocycles. The van der Waals surface area contributed by atoms with E-state index in [2.05, 4.69) is 5.32 Å². The minimum atomic E-state index is -0.343. The van der Waals surface area contributed by atoms with E-state index in [0.717, 1.165) is 0 Å². The second-order valence-electron chi connectivity index (χ2n) is 4.50. The summed E-state index contributed by atoms with van der Waals surface area (Å²) in [5.41, 5.74) is 0.422. The molecular weight excluding hydrogens is 194 g/mol. The van der Waals surface area contributed by atoms with Gasteiger partial charge in [-0.1, -0.05) is 0 Å². The van der Waals surface area contributed by atoms with Crippen molar-refractivity contribution in [2.24, 2.45) is 0 Å². The van der Waals surface area contributed by atoms with Gasteiger partial charge in [0.25, 0.3) is 0 Å². The van der Waals surface area contributed by atoms with Gasteiger partial charge in [0.05, 0.1) is 11.3 Å². The lowest BCUT2D eigenvalue weighted by molar-refractivity contribution is 0.0955. The van der Waals surface area contributed by atoms with Crippen LogP contribution in [0.2, 0.25) is 0 Å². The molecule has 3 N–H and O–H groups in total. The highest BCUT2D eigenvalue weighted by atomic mass is 16.3. The first-order valence-electron chi connectivity index (χ1n) is 4.76. The molecule has 4 heteroatoms. The minimum absolute atomic E-state index is 0.0516. The number of fused-ring (bicyclic) bond motifs is 1. The first kappa shape index (κ1) is 9.83. The van der Waals surface area contributed by atoms with Crippen LogP contribution in [0.25, 0.3) is 0 Å². The number of Topliss-reactive ketones (excluding diaryl/α,β-unsaturated/α-hetero) is 1. The lowest BCUT2D eigenvalue weighted by atomic mass is 9.88. The van der Waals surface area contributed by atoms with Crippen LogP contribution < -0.4 is 5.32 Å². The number of rotatable bonds is 0. The lowest BCUT2D eigenvalue weighted by Gasteiger charge is -2.32. The molecule has 1 aliphatic rings. The van der Waals surface area contributed by atoms with Gasteiger partial charge in [0.15, 0.2) is 5.78 Å². The monoisotopic (exact) mass is 207 g/mol. The molecule has 2 rings (SSSR count). The Hall–Kier alpha value is -1.71. The molecule has 0 saturated heterocycles. The van der Waals surface area contributed by atoms with Gasteiger partial charge >= 0.3 is 0 Å². The molecule has 1 heterocycles. The van der Waals surface area contributed by atoms with Crippen molar-refractivity contribution in [3.05, 3.63) is 17.7 Å². The summed E-state index contributed by atoms with van der Waals surface area (Å²) in [7, 11) is 0. The van der Waals surface area contributed by atoms with E-state index >= 15 is 0 Å². The summed E-state index contributed by atoms with van der Waals surface area (Å²) in [6.45, 7) is 3.80. The molecule has 4 nitrogen and oxygen atoms in total. The summed E-state index contributed by atoms with van der Waals surface area (Å²) >= 11 is 0. The molecule has 0 bridgehead atoms. The van der Waals surface area contributed by atoms with Crippen LogP contribution in [0, 0.1) is 0 Å². The third-order valence-corrected chi connectivity index (χ3v) is 2.46. The maximum Gasteiger partial charge on any atom is 0.171 e. The Morgan fingerprint density at radius 2 is 2.00 bits per heavy atom. The molecule has 0 fully saturated rings. The fourth-order valence-corrected chi connectivity index (χ4v) is 1.90. The van der Waals surface area contributed by atoms with E-state index in [1.165, 1.54) is 12.1 Å². The zero-order chi connectivity index (χ0) is 11.2. The Labute approximate surface area is 87.6 Å². The number of nitrogens with one attached hydrogen (secondary N) is 1. The van der Waals surface area contributed by atoms with Crippen molar-refractivity contribution in [2.75, 3.05) is 5.32 Å². The summed E-state index contributed by atoms with van der Waals surface area (Å²) in [5, 5.41) is 22.0. The molecule has 0 spiro atoms. The first-order valence-corrected chi connectivity index (χ1v) is 4.76. The summed E-state index contributed by atoms with van der Waals surface area (Å²) in [6.07, 6.45) is 0.332. The SMILES string of the molecule is CC1(C)CC(=O)c2c(O)cc(O)cc2N1. The Bertz CT molecular complexity index is 438. The van der Waals surface area contributed by atoms with Crippen molar-refractivity contribution in [2.45, 2.75) is 25.8 Å². The molecule has 1 aliphatic heterocycles. The first-order chi connectivity index (χ1) is 6.89. The summed E-state index contributed by atoms with van der Waals surface area (Å²) in [4.78, 5) is 11.8. The van der Waals surface area contributed by atoms with Crippen molar-refractivity contribution in [1.82, 2.24) is 0 Å². The van der Waals surface area contributed by atoms with Gasteiger partial charge in [0.1, 0.15) is 11.5 Å². The number of carbonyl (C=O) groups excluding carboxylic acids is 1. The number of carbonyl (C=O) groups is 1. The van der Waals surface area contributed by atoms with E-state index in [4.69, 9.17) is 0 Å². The van der Waals surface area contributed by atoms with Crippen LogP contribution in [0.15, 0.2) is 12.1 Å². The van der Waals surface area contributed by atoms with Gasteiger partial charge in [-0.15, -0.1) is 0 Å². The van der Waals surface area contributed by atoms with Gasteiger partial charge in [-0.2, -0.15) is 0 Å². The standard InChI is InChI=1S/C11H13NO3/c1-11(2)5-9(15)10-7(12-11)3-6(13)4-8(10)14/h3-4,12-14H,5H2,1-2H3. The summed E-state index contributed by atoms with van der Waals surface area (Å²) < 4.78 is 0. The third kappa shape index (κ3) is 1.63. The highest BCUT2D eigenvalue weighted by Gasteiger charge is 2.32. The van der Waals surface area contributed by atoms with Crippen LogP contribution >= 0.6 is 0 Å². The van der Waals surface area contributed by atoms with E-state index < -0.39 is 0 Å². The Morgan fingerprint density at radius 3 is 2.67 bits per heavy atom. The van der Waals surface area contributed by atoms with E-state index in [0.29, 0.717) is 12.1 Å². The zero-order valence-electron chi connectivity index (χ0n) is 8.66. The van der Waals surface area contributed by atoms with Crippen molar-refractivity contribution in [3.8, 4) is 11.5 Å². The van der Waals surface area contributed by atoms with Gasteiger partial charge in [-0.25, -0.2) is 0 Å². The van der Waals surface area contributed by atoms with Crippen molar-refractivity contribution < 1.29 is 15.0 Å². The second-order valence-corrected chi connectivity index (χ2v) is 4.50. The Balaban J connectivity index is 2.60. The molecule has 80 valence electrons. The van der Waals surface area contributed by atoms with Crippen LogP contribution in [0.5, 0.6) is 11.5 Å². The van der Waals surface area contributed by atoms with Gasteiger partial charge in [-0.3, -0.25) is 4.79 Å². The summed E-state index contributed by atoms with van der Waals surface area (Å²) in [6, 6.07) is 2.63. The number of phenolic OH excluding ortho intramolecular Hbond substituents is 2. The number of phenols is 2. The average molecular weight is 207 g/mol. The Kier molecular flexibility index (Phi) is 1.89. The fourth-order valence-electron chi connectivity index (χ4n) is 1.90. The number of hydrogen-bond donors (Lipinski definition) is 3.